The minimum Gasteiger partial charge on any atom is -0.310 e. The van der Waals surface area contributed by atoms with Crippen LogP contribution in [0.5, 0.6) is 0 Å². The maximum Gasteiger partial charge on any atom is 0.0456 e. The fourth-order valence-electron chi connectivity index (χ4n) is 3.52. The smallest absolute Gasteiger partial charge is 0.0456 e. The second-order valence-corrected chi connectivity index (χ2v) is 7.05. The largest absolute Gasteiger partial charge is 0.310 e. The first-order valence-corrected chi connectivity index (χ1v) is 9.01. The van der Waals surface area contributed by atoms with Crippen molar-refractivity contribution in [2.75, 3.05) is 6.54 Å². The first kappa shape index (κ1) is 16.8. The summed E-state index contributed by atoms with van der Waals surface area (Å²) in [6.45, 7) is 7.65. The molecule has 1 nitrogen and oxygen atoms in total. The van der Waals surface area contributed by atoms with E-state index in [1.807, 2.05) is 0 Å². The molecule has 2 heteroatoms. The van der Waals surface area contributed by atoms with Crippen LogP contribution in [0.2, 0.25) is 5.02 Å². The fraction of sp³-hybridized carbons (Fsp3) is 0.684. The topological polar surface area (TPSA) is 12.0 Å². The first-order chi connectivity index (χ1) is 10.1. The predicted molar refractivity (Wildman–Crippen MR) is 93.2 cm³/mol. The maximum absolute atomic E-state index is 6.60. The van der Waals surface area contributed by atoms with E-state index in [0.29, 0.717) is 6.04 Å². The standard InChI is InChI=1S/C19H30ClN/c1-4-11-21-19(16-9-7-5-6-8-10-16)17-12-14(2)15(3)13-18(17)20/h12-13,16,19,21H,4-11H2,1-3H3. The summed E-state index contributed by atoms with van der Waals surface area (Å²) in [7, 11) is 0. The SMILES string of the molecule is CCCNC(c1cc(C)c(C)cc1Cl)C1CCCCCC1. The van der Waals surface area contributed by atoms with Crippen LogP contribution in [0.1, 0.15) is 74.6 Å². The third-order valence-corrected chi connectivity index (χ3v) is 5.26. The Bertz CT molecular complexity index is 447. The highest BCUT2D eigenvalue weighted by Gasteiger charge is 2.25. The Balaban J connectivity index is 2.27. The number of halogens is 1. The summed E-state index contributed by atoms with van der Waals surface area (Å²) in [5.41, 5.74) is 3.96. The van der Waals surface area contributed by atoms with Gasteiger partial charge in [-0.25, -0.2) is 0 Å². The molecule has 1 unspecified atom stereocenters. The van der Waals surface area contributed by atoms with Gasteiger partial charge in [-0.2, -0.15) is 0 Å². The lowest BCUT2D eigenvalue weighted by Crippen LogP contribution is -2.29. The van der Waals surface area contributed by atoms with Gasteiger partial charge in [0.05, 0.1) is 0 Å². The molecule has 1 aliphatic rings. The molecule has 0 aromatic heterocycles. The fourth-order valence-corrected chi connectivity index (χ4v) is 3.85. The van der Waals surface area contributed by atoms with Gasteiger partial charge in [0.2, 0.25) is 0 Å². The molecule has 1 aromatic carbocycles. The summed E-state index contributed by atoms with van der Waals surface area (Å²) in [5.74, 6) is 0.735. The molecule has 1 N–H and O–H groups in total. The number of hydrogen-bond donors (Lipinski definition) is 1. The molecule has 1 saturated carbocycles. The lowest BCUT2D eigenvalue weighted by Gasteiger charge is -2.29. The van der Waals surface area contributed by atoms with E-state index in [1.165, 1.54) is 61.6 Å². The number of benzene rings is 1. The van der Waals surface area contributed by atoms with Crippen molar-refractivity contribution in [3.05, 3.63) is 33.8 Å². The van der Waals surface area contributed by atoms with Crippen LogP contribution in [0.4, 0.5) is 0 Å². The van der Waals surface area contributed by atoms with Gasteiger partial charge in [0, 0.05) is 11.1 Å². The Kier molecular flexibility index (Phi) is 6.57. The molecule has 0 saturated heterocycles. The molecule has 1 aliphatic carbocycles. The second-order valence-electron chi connectivity index (χ2n) is 6.64. The van der Waals surface area contributed by atoms with Gasteiger partial charge in [0.25, 0.3) is 0 Å². The number of aryl methyl sites for hydroxylation is 2. The van der Waals surface area contributed by atoms with Gasteiger partial charge in [-0.15, -0.1) is 0 Å². The lowest BCUT2D eigenvalue weighted by molar-refractivity contribution is 0.326. The van der Waals surface area contributed by atoms with E-state index in [1.54, 1.807) is 0 Å². The van der Waals surface area contributed by atoms with Crippen molar-refractivity contribution in [3.8, 4) is 0 Å². The van der Waals surface area contributed by atoms with Gasteiger partial charge in [0.15, 0.2) is 0 Å². The molecule has 2 rings (SSSR count). The van der Waals surface area contributed by atoms with Crippen LogP contribution in [-0.4, -0.2) is 6.54 Å². The molecule has 21 heavy (non-hydrogen) atoms. The van der Waals surface area contributed by atoms with E-state index < -0.39 is 0 Å². The van der Waals surface area contributed by atoms with Crippen molar-refractivity contribution in [1.82, 2.24) is 5.32 Å². The Hall–Kier alpha value is -0.530. The van der Waals surface area contributed by atoms with Crippen LogP contribution >= 0.6 is 11.6 Å². The van der Waals surface area contributed by atoms with Crippen LogP contribution in [-0.2, 0) is 0 Å². The average Bonchev–Trinajstić information content (AvgIpc) is 2.74. The molecular formula is C19H30ClN. The monoisotopic (exact) mass is 307 g/mol. The van der Waals surface area contributed by atoms with Crippen LogP contribution < -0.4 is 5.32 Å². The Labute approximate surface area is 135 Å². The molecule has 0 bridgehead atoms. The van der Waals surface area contributed by atoms with Crippen LogP contribution in [0.15, 0.2) is 12.1 Å². The molecule has 0 aliphatic heterocycles. The summed E-state index contributed by atoms with van der Waals surface area (Å²) in [4.78, 5) is 0. The van der Waals surface area contributed by atoms with Crippen molar-refractivity contribution in [1.29, 1.82) is 0 Å². The highest BCUT2D eigenvalue weighted by molar-refractivity contribution is 6.31. The van der Waals surface area contributed by atoms with Gasteiger partial charge >= 0.3 is 0 Å². The Morgan fingerprint density at radius 1 is 1.10 bits per heavy atom. The van der Waals surface area contributed by atoms with Gasteiger partial charge in [0.1, 0.15) is 0 Å². The van der Waals surface area contributed by atoms with Gasteiger partial charge in [-0.1, -0.05) is 50.3 Å². The number of hydrogen-bond acceptors (Lipinski definition) is 1. The van der Waals surface area contributed by atoms with Crippen LogP contribution in [0, 0.1) is 19.8 Å². The molecule has 1 atom stereocenters. The lowest BCUT2D eigenvalue weighted by atomic mass is 9.86. The van der Waals surface area contributed by atoms with Crippen molar-refractivity contribution >= 4 is 11.6 Å². The molecule has 0 spiro atoms. The Morgan fingerprint density at radius 3 is 2.33 bits per heavy atom. The van der Waals surface area contributed by atoms with Gasteiger partial charge in [-0.05, 0) is 68.3 Å². The molecule has 0 heterocycles. The highest BCUT2D eigenvalue weighted by Crippen LogP contribution is 2.37. The van der Waals surface area contributed by atoms with Crippen molar-refractivity contribution < 1.29 is 0 Å². The van der Waals surface area contributed by atoms with Gasteiger partial charge in [-0.3, -0.25) is 0 Å². The second kappa shape index (κ2) is 8.19. The first-order valence-electron chi connectivity index (χ1n) is 8.63. The van der Waals surface area contributed by atoms with E-state index in [-0.39, 0.29) is 0 Å². The summed E-state index contributed by atoms with van der Waals surface area (Å²) < 4.78 is 0. The van der Waals surface area contributed by atoms with Crippen molar-refractivity contribution in [3.63, 3.8) is 0 Å². The highest BCUT2D eigenvalue weighted by atomic mass is 35.5. The minimum atomic E-state index is 0.426. The summed E-state index contributed by atoms with van der Waals surface area (Å²) in [6, 6.07) is 4.88. The van der Waals surface area contributed by atoms with E-state index >= 15 is 0 Å². The Morgan fingerprint density at radius 2 is 1.71 bits per heavy atom. The third-order valence-electron chi connectivity index (χ3n) is 4.93. The van der Waals surface area contributed by atoms with E-state index in [4.69, 9.17) is 11.6 Å². The zero-order chi connectivity index (χ0) is 15.2. The summed E-state index contributed by atoms with van der Waals surface area (Å²) in [6.07, 6.45) is 9.39. The zero-order valence-corrected chi connectivity index (χ0v) is 14.6. The molecule has 1 aromatic rings. The van der Waals surface area contributed by atoms with Crippen LogP contribution in [0.3, 0.4) is 0 Å². The van der Waals surface area contributed by atoms with Crippen molar-refractivity contribution in [2.24, 2.45) is 5.92 Å². The quantitative estimate of drug-likeness (QED) is 0.661. The summed E-state index contributed by atoms with van der Waals surface area (Å²) >= 11 is 6.60. The van der Waals surface area contributed by atoms with Gasteiger partial charge < -0.3 is 5.32 Å². The third kappa shape index (κ3) is 4.47. The van der Waals surface area contributed by atoms with E-state index in [2.05, 4.69) is 38.2 Å². The van der Waals surface area contributed by atoms with E-state index in [9.17, 15) is 0 Å². The van der Waals surface area contributed by atoms with Crippen LogP contribution in [0.25, 0.3) is 0 Å². The zero-order valence-electron chi connectivity index (χ0n) is 13.8. The minimum absolute atomic E-state index is 0.426. The predicted octanol–water partition coefficient (Wildman–Crippen LogP) is 5.97. The van der Waals surface area contributed by atoms with E-state index in [0.717, 1.165) is 17.5 Å². The number of nitrogens with one attached hydrogen (secondary N) is 1. The molecule has 0 radical (unpaired) electrons. The summed E-state index contributed by atoms with van der Waals surface area (Å²) in [5, 5.41) is 4.73. The number of rotatable bonds is 5. The molecule has 0 amide bonds. The maximum atomic E-state index is 6.60. The normalized spacial score (nSPS) is 18.5. The average molecular weight is 308 g/mol. The molecule has 1 fully saturated rings. The molecule has 118 valence electrons. The molecular weight excluding hydrogens is 278 g/mol. The van der Waals surface area contributed by atoms with Crippen molar-refractivity contribution in [2.45, 2.75) is 71.8 Å².